The van der Waals surface area contributed by atoms with Crippen molar-refractivity contribution < 1.29 is 9.47 Å². The van der Waals surface area contributed by atoms with E-state index in [-0.39, 0.29) is 0 Å². The van der Waals surface area contributed by atoms with Gasteiger partial charge in [0.05, 0.1) is 12.1 Å². The van der Waals surface area contributed by atoms with Gasteiger partial charge in [0.25, 0.3) is 0 Å². The SMILES string of the molecule is CO[C@@H]1C[C@@H]2COc3c(C)ccnc3N2C1. The van der Waals surface area contributed by atoms with Crippen molar-refractivity contribution in [1.82, 2.24) is 4.98 Å². The fourth-order valence-electron chi connectivity index (χ4n) is 2.55. The second-order valence-electron chi connectivity index (χ2n) is 4.49. The van der Waals surface area contributed by atoms with Crippen molar-refractivity contribution in [3.05, 3.63) is 17.8 Å². The average molecular weight is 220 g/mol. The van der Waals surface area contributed by atoms with Crippen LogP contribution in [-0.4, -0.2) is 37.4 Å². The number of nitrogens with zero attached hydrogens (tertiary/aromatic N) is 2. The van der Waals surface area contributed by atoms with Gasteiger partial charge in [0.15, 0.2) is 11.6 Å². The smallest absolute Gasteiger partial charge is 0.172 e. The molecule has 0 radical (unpaired) electrons. The van der Waals surface area contributed by atoms with Gasteiger partial charge in [-0.15, -0.1) is 0 Å². The molecule has 2 atom stereocenters. The van der Waals surface area contributed by atoms with Crippen LogP contribution in [0.1, 0.15) is 12.0 Å². The second-order valence-corrected chi connectivity index (χ2v) is 4.49. The van der Waals surface area contributed by atoms with Crippen LogP contribution in [-0.2, 0) is 4.74 Å². The molecule has 0 N–H and O–H groups in total. The van der Waals surface area contributed by atoms with Crippen molar-refractivity contribution >= 4 is 5.82 Å². The summed E-state index contributed by atoms with van der Waals surface area (Å²) < 4.78 is 11.2. The first-order chi connectivity index (χ1) is 7.79. The number of aryl methyl sites for hydroxylation is 1. The monoisotopic (exact) mass is 220 g/mol. The molecule has 1 fully saturated rings. The minimum absolute atomic E-state index is 0.307. The summed E-state index contributed by atoms with van der Waals surface area (Å²) in [7, 11) is 1.77. The van der Waals surface area contributed by atoms with Gasteiger partial charge in [-0.3, -0.25) is 0 Å². The molecule has 1 aromatic heterocycles. The highest BCUT2D eigenvalue weighted by atomic mass is 16.5. The van der Waals surface area contributed by atoms with Crippen LogP contribution in [0.4, 0.5) is 5.82 Å². The normalized spacial score (nSPS) is 27.2. The van der Waals surface area contributed by atoms with E-state index in [9.17, 15) is 0 Å². The number of rotatable bonds is 1. The maximum Gasteiger partial charge on any atom is 0.172 e. The summed E-state index contributed by atoms with van der Waals surface area (Å²) in [6.45, 7) is 3.73. The molecule has 0 bridgehead atoms. The number of hydrogen-bond acceptors (Lipinski definition) is 4. The van der Waals surface area contributed by atoms with Gasteiger partial charge >= 0.3 is 0 Å². The van der Waals surface area contributed by atoms with Gasteiger partial charge in [-0.25, -0.2) is 4.98 Å². The van der Waals surface area contributed by atoms with E-state index in [2.05, 4.69) is 16.8 Å². The van der Waals surface area contributed by atoms with Crippen LogP contribution in [0, 0.1) is 6.92 Å². The summed E-state index contributed by atoms with van der Waals surface area (Å²) >= 11 is 0. The van der Waals surface area contributed by atoms with Gasteiger partial charge in [0.1, 0.15) is 6.61 Å². The fourth-order valence-corrected chi connectivity index (χ4v) is 2.55. The van der Waals surface area contributed by atoms with Crippen molar-refractivity contribution in [3.8, 4) is 5.75 Å². The lowest BCUT2D eigenvalue weighted by Gasteiger charge is -2.32. The summed E-state index contributed by atoms with van der Waals surface area (Å²) in [4.78, 5) is 6.76. The maximum atomic E-state index is 5.80. The third kappa shape index (κ3) is 1.37. The molecule has 2 aliphatic heterocycles. The van der Waals surface area contributed by atoms with Gasteiger partial charge in [0.2, 0.25) is 0 Å². The standard InChI is InChI=1S/C12H16N2O2/c1-8-3-4-13-12-11(8)16-7-9-5-10(15-2)6-14(9)12/h3-4,9-10H,5-7H2,1-2H3/t9-,10-/m1/s1. The molecule has 16 heavy (non-hydrogen) atoms. The van der Waals surface area contributed by atoms with Crippen LogP contribution in [0.5, 0.6) is 5.75 Å². The predicted octanol–water partition coefficient (Wildman–Crippen LogP) is 1.38. The molecule has 0 unspecified atom stereocenters. The van der Waals surface area contributed by atoms with E-state index in [0.29, 0.717) is 12.1 Å². The molecular formula is C12H16N2O2. The van der Waals surface area contributed by atoms with E-state index in [1.165, 1.54) is 0 Å². The van der Waals surface area contributed by atoms with E-state index in [4.69, 9.17) is 9.47 Å². The van der Waals surface area contributed by atoms with Crippen LogP contribution in [0.3, 0.4) is 0 Å². The number of fused-ring (bicyclic) bond motifs is 3. The number of ether oxygens (including phenoxy) is 2. The van der Waals surface area contributed by atoms with Crippen LogP contribution >= 0.6 is 0 Å². The summed E-state index contributed by atoms with van der Waals surface area (Å²) in [6, 6.07) is 2.41. The summed E-state index contributed by atoms with van der Waals surface area (Å²) in [5, 5.41) is 0. The Bertz CT molecular complexity index is 408. The first-order valence-electron chi connectivity index (χ1n) is 5.67. The third-order valence-electron chi connectivity index (χ3n) is 3.48. The summed E-state index contributed by atoms with van der Waals surface area (Å²) in [5.41, 5.74) is 1.16. The molecule has 3 heterocycles. The Morgan fingerprint density at radius 3 is 3.25 bits per heavy atom. The lowest BCUT2D eigenvalue weighted by atomic mass is 10.1. The summed E-state index contributed by atoms with van der Waals surface area (Å²) in [6.07, 6.45) is 3.19. The Kier molecular flexibility index (Phi) is 2.24. The van der Waals surface area contributed by atoms with Gasteiger partial charge in [-0.1, -0.05) is 0 Å². The van der Waals surface area contributed by atoms with Gasteiger partial charge in [-0.05, 0) is 25.0 Å². The van der Waals surface area contributed by atoms with Crippen molar-refractivity contribution in [2.24, 2.45) is 0 Å². The molecule has 0 aromatic carbocycles. The molecular weight excluding hydrogens is 204 g/mol. The minimum Gasteiger partial charge on any atom is -0.487 e. The molecule has 0 amide bonds. The molecule has 1 aromatic rings. The molecule has 86 valence electrons. The Balaban J connectivity index is 1.97. The minimum atomic E-state index is 0.307. The lowest BCUT2D eigenvalue weighted by Crippen LogP contribution is -2.39. The lowest BCUT2D eigenvalue weighted by molar-refractivity contribution is 0.116. The van der Waals surface area contributed by atoms with E-state index in [1.54, 1.807) is 7.11 Å². The summed E-state index contributed by atoms with van der Waals surface area (Å²) in [5.74, 6) is 1.92. The van der Waals surface area contributed by atoms with E-state index >= 15 is 0 Å². The van der Waals surface area contributed by atoms with Crippen LogP contribution in [0.15, 0.2) is 12.3 Å². The van der Waals surface area contributed by atoms with Crippen molar-refractivity contribution in [2.75, 3.05) is 25.2 Å². The number of anilines is 1. The highest BCUT2D eigenvalue weighted by Gasteiger charge is 2.38. The molecule has 0 saturated carbocycles. The Hall–Kier alpha value is -1.29. The molecule has 0 aliphatic carbocycles. The zero-order valence-electron chi connectivity index (χ0n) is 9.64. The van der Waals surface area contributed by atoms with Gasteiger partial charge in [-0.2, -0.15) is 0 Å². The molecule has 4 nitrogen and oxygen atoms in total. The highest BCUT2D eigenvalue weighted by molar-refractivity contribution is 5.59. The molecule has 4 heteroatoms. The average Bonchev–Trinajstić information content (AvgIpc) is 2.72. The Morgan fingerprint density at radius 1 is 1.56 bits per heavy atom. The quantitative estimate of drug-likeness (QED) is 0.716. The third-order valence-corrected chi connectivity index (χ3v) is 3.48. The maximum absolute atomic E-state index is 5.80. The van der Waals surface area contributed by atoms with Crippen LogP contribution in [0.25, 0.3) is 0 Å². The topological polar surface area (TPSA) is 34.6 Å². The number of pyridine rings is 1. The van der Waals surface area contributed by atoms with Crippen molar-refractivity contribution in [3.63, 3.8) is 0 Å². The largest absolute Gasteiger partial charge is 0.487 e. The first kappa shape index (κ1) is 9.90. The fraction of sp³-hybridized carbons (Fsp3) is 0.583. The Morgan fingerprint density at radius 2 is 2.44 bits per heavy atom. The van der Waals surface area contributed by atoms with E-state index < -0.39 is 0 Å². The zero-order valence-corrected chi connectivity index (χ0v) is 9.64. The van der Waals surface area contributed by atoms with Gasteiger partial charge in [0, 0.05) is 19.9 Å². The van der Waals surface area contributed by atoms with Crippen molar-refractivity contribution in [2.45, 2.75) is 25.5 Å². The Labute approximate surface area is 95.2 Å². The van der Waals surface area contributed by atoms with E-state index in [1.807, 2.05) is 12.3 Å². The predicted molar refractivity (Wildman–Crippen MR) is 61.0 cm³/mol. The molecule has 0 spiro atoms. The van der Waals surface area contributed by atoms with E-state index in [0.717, 1.165) is 36.7 Å². The van der Waals surface area contributed by atoms with Crippen LogP contribution in [0.2, 0.25) is 0 Å². The number of methoxy groups -OCH3 is 1. The molecule has 1 saturated heterocycles. The first-order valence-corrected chi connectivity index (χ1v) is 5.67. The highest BCUT2D eigenvalue weighted by Crippen LogP contribution is 2.38. The molecule has 3 rings (SSSR count). The van der Waals surface area contributed by atoms with Gasteiger partial charge < -0.3 is 14.4 Å². The zero-order chi connectivity index (χ0) is 11.1. The van der Waals surface area contributed by atoms with Crippen LogP contribution < -0.4 is 9.64 Å². The molecule has 2 aliphatic rings. The number of hydrogen-bond donors (Lipinski definition) is 0. The number of aromatic nitrogens is 1. The van der Waals surface area contributed by atoms with Crippen molar-refractivity contribution in [1.29, 1.82) is 0 Å². The second kappa shape index (κ2) is 3.63.